The summed E-state index contributed by atoms with van der Waals surface area (Å²) in [6.45, 7) is 12.1. The van der Waals surface area contributed by atoms with Gasteiger partial charge in [0.2, 0.25) is 0 Å². The number of hydrogen-bond donors (Lipinski definition) is 2. The summed E-state index contributed by atoms with van der Waals surface area (Å²) in [5.74, 6) is 0.655. The average Bonchev–Trinajstić information content (AvgIpc) is 2.13. The van der Waals surface area contributed by atoms with Gasteiger partial charge in [-0.15, -0.1) is 0 Å². The third kappa shape index (κ3) is 3.44. The van der Waals surface area contributed by atoms with Gasteiger partial charge < -0.3 is 11.1 Å². The zero-order valence-electron chi connectivity index (χ0n) is 11.1. The first-order valence-corrected chi connectivity index (χ1v) is 5.92. The molecule has 0 fully saturated rings. The molecule has 0 aliphatic carbocycles. The molecule has 1 aromatic carbocycles. The Kier molecular flexibility index (Phi) is 3.84. The third-order valence-corrected chi connectivity index (χ3v) is 3.41. The van der Waals surface area contributed by atoms with Crippen LogP contribution in [0.5, 0.6) is 0 Å². The lowest BCUT2D eigenvalue weighted by Crippen LogP contribution is -2.28. The normalized spacial score (nSPS) is 11.9. The van der Waals surface area contributed by atoms with Crippen LogP contribution in [0.15, 0.2) is 18.2 Å². The molecule has 2 heteroatoms. The Labute approximate surface area is 99.2 Å². The predicted octanol–water partition coefficient (Wildman–Crippen LogP) is 3.67. The van der Waals surface area contributed by atoms with Gasteiger partial charge >= 0.3 is 0 Å². The maximum atomic E-state index is 5.82. The Morgan fingerprint density at radius 3 is 2.38 bits per heavy atom. The SMILES string of the molecule is Cc1cc(N)cc(NCC(C)(C)C(C)C)c1. The molecular formula is C14H24N2. The van der Waals surface area contributed by atoms with Crippen molar-refractivity contribution < 1.29 is 0 Å². The molecule has 16 heavy (non-hydrogen) atoms. The lowest BCUT2D eigenvalue weighted by Gasteiger charge is -2.30. The van der Waals surface area contributed by atoms with Crippen molar-refractivity contribution in [2.75, 3.05) is 17.6 Å². The van der Waals surface area contributed by atoms with Crippen LogP contribution in [0.4, 0.5) is 11.4 Å². The molecule has 0 amide bonds. The fraction of sp³-hybridized carbons (Fsp3) is 0.571. The van der Waals surface area contributed by atoms with Crippen LogP contribution in [0.25, 0.3) is 0 Å². The van der Waals surface area contributed by atoms with Crippen LogP contribution in [0.2, 0.25) is 0 Å². The highest BCUT2D eigenvalue weighted by Gasteiger charge is 2.21. The van der Waals surface area contributed by atoms with E-state index >= 15 is 0 Å². The fourth-order valence-corrected chi connectivity index (χ4v) is 1.45. The number of hydrogen-bond acceptors (Lipinski definition) is 2. The number of nitrogens with one attached hydrogen (secondary N) is 1. The van der Waals surface area contributed by atoms with Crippen molar-refractivity contribution in [3.63, 3.8) is 0 Å². The Bertz CT molecular complexity index is 334. The van der Waals surface area contributed by atoms with Crippen LogP contribution in [0.1, 0.15) is 33.3 Å². The first kappa shape index (κ1) is 12.9. The quantitative estimate of drug-likeness (QED) is 0.760. The smallest absolute Gasteiger partial charge is 0.0363 e. The molecule has 0 unspecified atom stereocenters. The second kappa shape index (κ2) is 4.77. The van der Waals surface area contributed by atoms with Gasteiger partial charge in [0.15, 0.2) is 0 Å². The first-order chi connectivity index (χ1) is 7.31. The molecule has 0 bridgehead atoms. The topological polar surface area (TPSA) is 38.0 Å². The van der Waals surface area contributed by atoms with Gasteiger partial charge in [-0.2, -0.15) is 0 Å². The van der Waals surface area contributed by atoms with Crippen molar-refractivity contribution >= 4 is 11.4 Å². The molecule has 0 heterocycles. The molecule has 0 saturated carbocycles. The minimum absolute atomic E-state index is 0.290. The monoisotopic (exact) mass is 220 g/mol. The second-order valence-corrected chi connectivity index (χ2v) is 5.63. The number of aryl methyl sites for hydroxylation is 1. The van der Waals surface area contributed by atoms with Gasteiger partial charge in [-0.1, -0.05) is 27.7 Å². The summed E-state index contributed by atoms with van der Waals surface area (Å²) < 4.78 is 0. The molecular weight excluding hydrogens is 196 g/mol. The first-order valence-electron chi connectivity index (χ1n) is 5.92. The van der Waals surface area contributed by atoms with E-state index in [1.54, 1.807) is 0 Å². The summed E-state index contributed by atoms with van der Waals surface area (Å²) >= 11 is 0. The average molecular weight is 220 g/mol. The van der Waals surface area contributed by atoms with Crippen molar-refractivity contribution in [1.82, 2.24) is 0 Å². The van der Waals surface area contributed by atoms with E-state index in [2.05, 4.69) is 46.0 Å². The maximum Gasteiger partial charge on any atom is 0.0363 e. The molecule has 0 atom stereocenters. The molecule has 0 radical (unpaired) electrons. The molecule has 0 aliphatic rings. The van der Waals surface area contributed by atoms with Gasteiger partial charge in [-0.05, 0) is 42.0 Å². The summed E-state index contributed by atoms with van der Waals surface area (Å²) in [6, 6.07) is 6.11. The van der Waals surface area contributed by atoms with Crippen LogP contribution in [0, 0.1) is 18.3 Å². The van der Waals surface area contributed by atoms with E-state index < -0.39 is 0 Å². The molecule has 0 aromatic heterocycles. The Morgan fingerprint density at radius 2 is 1.88 bits per heavy atom. The lowest BCUT2D eigenvalue weighted by molar-refractivity contribution is 0.269. The van der Waals surface area contributed by atoms with E-state index in [9.17, 15) is 0 Å². The van der Waals surface area contributed by atoms with Gasteiger partial charge in [-0.25, -0.2) is 0 Å². The fourth-order valence-electron chi connectivity index (χ4n) is 1.45. The summed E-state index contributed by atoms with van der Waals surface area (Å²) in [7, 11) is 0. The van der Waals surface area contributed by atoms with Gasteiger partial charge in [0.25, 0.3) is 0 Å². The minimum atomic E-state index is 0.290. The second-order valence-electron chi connectivity index (χ2n) is 5.63. The van der Waals surface area contributed by atoms with Crippen molar-refractivity contribution in [3.8, 4) is 0 Å². The molecule has 1 aromatic rings. The number of benzene rings is 1. The van der Waals surface area contributed by atoms with Gasteiger partial charge in [0.1, 0.15) is 0 Å². The lowest BCUT2D eigenvalue weighted by atomic mass is 9.81. The van der Waals surface area contributed by atoms with E-state index in [1.165, 1.54) is 5.56 Å². The Balaban J connectivity index is 2.68. The molecule has 90 valence electrons. The summed E-state index contributed by atoms with van der Waals surface area (Å²) in [4.78, 5) is 0. The van der Waals surface area contributed by atoms with E-state index in [0.717, 1.165) is 17.9 Å². The summed E-state index contributed by atoms with van der Waals surface area (Å²) in [6.07, 6.45) is 0. The van der Waals surface area contributed by atoms with Crippen LogP contribution in [-0.2, 0) is 0 Å². The Morgan fingerprint density at radius 1 is 1.25 bits per heavy atom. The van der Waals surface area contributed by atoms with Gasteiger partial charge in [0, 0.05) is 17.9 Å². The van der Waals surface area contributed by atoms with E-state index in [-0.39, 0.29) is 0 Å². The van der Waals surface area contributed by atoms with Crippen molar-refractivity contribution in [3.05, 3.63) is 23.8 Å². The zero-order chi connectivity index (χ0) is 12.3. The van der Waals surface area contributed by atoms with Crippen LogP contribution in [-0.4, -0.2) is 6.54 Å². The summed E-state index contributed by atoms with van der Waals surface area (Å²) in [5.41, 5.74) is 9.25. The minimum Gasteiger partial charge on any atom is -0.399 e. The van der Waals surface area contributed by atoms with Crippen LogP contribution >= 0.6 is 0 Å². The Hall–Kier alpha value is -1.18. The van der Waals surface area contributed by atoms with E-state index in [4.69, 9.17) is 5.73 Å². The molecule has 1 rings (SSSR count). The van der Waals surface area contributed by atoms with E-state index in [0.29, 0.717) is 11.3 Å². The highest BCUT2D eigenvalue weighted by Crippen LogP contribution is 2.27. The largest absolute Gasteiger partial charge is 0.399 e. The van der Waals surface area contributed by atoms with E-state index in [1.807, 2.05) is 12.1 Å². The van der Waals surface area contributed by atoms with Crippen molar-refractivity contribution in [1.29, 1.82) is 0 Å². The standard InChI is InChI=1S/C14H24N2/c1-10(2)14(4,5)9-16-13-7-11(3)6-12(15)8-13/h6-8,10,16H,9,15H2,1-5H3. The van der Waals surface area contributed by atoms with Crippen molar-refractivity contribution in [2.45, 2.75) is 34.6 Å². The zero-order valence-corrected chi connectivity index (χ0v) is 11.1. The number of rotatable bonds is 4. The molecule has 2 nitrogen and oxygen atoms in total. The van der Waals surface area contributed by atoms with Crippen LogP contribution in [0.3, 0.4) is 0 Å². The highest BCUT2D eigenvalue weighted by molar-refractivity contribution is 5.56. The van der Waals surface area contributed by atoms with Crippen LogP contribution < -0.4 is 11.1 Å². The molecule has 0 spiro atoms. The predicted molar refractivity (Wildman–Crippen MR) is 72.7 cm³/mol. The summed E-state index contributed by atoms with van der Waals surface area (Å²) in [5, 5.41) is 3.47. The highest BCUT2D eigenvalue weighted by atomic mass is 14.9. The van der Waals surface area contributed by atoms with Crippen molar-refractivity contribution in [2.24, 2.45) is 11.3 Å². The molecule has 0 aliphatic heterocycles. The van der Waals surface area contributed by atoms with Gasteiger partial charge in [0.05, 0.1) is 0 Å². The number of nitrogens with two attached hydrogens (primary N) is 1. The third-order valence-electron chi connectivity index (χ3n) is 3.41. The number of nitrogen functional groups attached to an aromatic ring is 1. The molecule has 0 saturated heterocycles. The maximum absolute atomic E-state index is 5.82. The molecule has 3 N–H and O–H groups in total. The number of anilines is 2. The van der Waals surface area contributed by atoms with Gasteiger partial charge in [-0.3, -0.25) is 0 Å².